The first-order valence-corrected chi connectivity index (χ1v) is 8.50. The standard InChI is InChI=1S/C17H16BrClN2O2/c18-13-3-1-12(2-4-13)17(22)20-15-11-14(19)5-6-16(15)21-7-9-23-10-8-21/h1-6,11H,7-10H2,(H,20,22). The van der Waals surface area contributed by atoms with Crippen LogP contribution in [-0.4, -0.2) is 32.2 Å². The van der Waals surface area contributed by atoms with E-state index in [1.54, 1.807) is 18.2 Å². The van der Waals surface area contributed by atoms with Gasteiger partial charge in [-0.15, -0.1) is 0 Å². The summed E-state index contributed by atoms with van der Waals surface area (Å²) in [5.41, 5.74) is 2.27. The van der Waals surface area contributed by atoms with Gasteiger partial charge in [-0.3, -0.25) is 4.79 Å². The zero-order valence-corrected chi connectivity index (χ0v) is 14.7. The largest absolute Gasteiger partial charge is 0.378 e. The van der Waals surface area contributed by atoms with Gasteiger partial charge in [-0.05, 0) is 42.5 Å². The minimum absolute atomic E-state index is 0.158. The van der Waals surface area contributed by atoms with Gasteiger partial charge in [-0.1, -0.05) is 27.5 Å². The number of halogens is 2. The molecule has 1 aliphatic rings. The van der Waals surface area contributed by atoms with Gasteiger partial charge in [-0.2, -0.15) is 0 Å². The number of nitrogens with zero attached hydrogens (tertiary/aromatic N) is 1. The molecule has 1 amide bonds. The lowest BCUT2D eigenvalue weighted by molar-refractivity contribution is 0.102. The fourth-order valence-electron chi connectivity index (χ4n) is 2.48. The zero-order valence-electron chi connectivity index (χ0n) is 12.4. The summed E-state index contributed by atoms with van der Waals surface area (Å²) >= 11 is 9.47. The number of rotatable bonds is 3. The van der Waals surface area contributed by atoms with Crippen molar-refractivity contribution in [3.8, 4) is 0 Å². The van der Waals surface area contributed by atoms with Gasteiger partial charge in [0.1, 0.15) is 0 Å². The molecular weight excluding hydrogens is 380 g/mol. The maximum atomic E-state index is 12.5. The fourth-order valence-corrected chi connectivity index (χ4v) is 2.92. The molecule has 4 nitrogen and oxygen atoms in total. The molecule has 0 radical (unpaired) electrons. The second-order valence-corrected chi connectivity index (χ2v) is 6.57. The number of carbonyl (C=O) groups excluding carboxylic acids is 1. The number of anilines is 2. The molecular formula is C17H16BrClN2O2. The van der Waals surface area contributed by atoms with Crippen LogP contribution in [0.25, 0.3) is 0 Å². The highest BCUT2D eigenvalue weighted by atomic mass is 79.9. The van der Waals surface area contributed by atoms with Gasteiger partial charge in [-0.25, -0.2) is 0 Å². The normalized spacial score (nSPS) is 14.6. The summed E-state index contributed by atoms with van der Waals surface area (Å²) in [5.74, 6) is -0.158. The summed E-state index contributed by atoms with van der Waals surface area (Å²) in [5, 5.41) is 3.55. The van der Waals surface area contributed by atoms with Crippen LogP contribution in [0.4, 0.5) is 11.4 Å². The van der Waals surface area contributed by atoms with E-state index in [9.17, 15) is 4.79 Å². The number of nitrogens with one attached hydrogen (secondary N) is 1. The lowest BCUT2D eigenvalue weighted by Gasteiger charge is -2.30. The van der Waals surface area contributed by atoms with Crippen LogP contribution < -0.4 is 10.2 Å². The van der Waals surface area contributed by atoms with Crippen molar-refractivity contribution in [2.45, 2.75) is 0 Å². The maximum Gasteiger partial charge on any atom is 0.255 e. The van der Waals surface area contributed by atoms with Crippen LogP contribution in [0, 0.1) is 0 Å². The molecule has 1 saturated heterocycles. The lowest BCUT2D eigenvalue weighted by Crippen LogP contribution is -2.36. The zero-order chi connectivity index (χ0) is 16.2. The molecule has 23 heavy (non-hydrogen) atoms. The summed E-state index contributed by atoms with van der Waals surface area (Å²) in [6.07, 6.45) is 0. The monoisotopic (exact) mass is 394 g/mol. The van der Waals surface area contributed by atoms with Gasteiger partial charge in [0.2, 0.25) is 0 Å². The number of benzene rings is 2. The molecule has 1 N–H and O–H groups in total. The van der Waals surface area contributed by atoms with E-state index >= 15 is 0 Å². The van der Waals surface area contributed by atoms with Crippen LogP contribution in [0.5, 0.6) is 0 Å². The lowest BCUT2D eigenvalue weighted by atomic mass is 10.2. The Kier molecular flexibility index (Phi) is 5.20. The highest BCUT2D eigenvalue weighted by Crippen LogP contribution is 2.30. The Labute approximate surface area is 148 Å². The summed E-state index contributed by atoms with van der Waals surface area (Å²) < 4.78 is 6.32. The van der Waals surface area contributed by atoms with Crippen molar-refractivity contribution in [2.24, 2.45) is 0 Å². The van der Waals surface area contributed by atoms with E-state index in [0.717, 1.165) is 23.2 Å². The topological polar surface area (TPSA) is 41.6 Å². The summed E-state index contributed by atoms with van der Waals surface area (Å²) in [7, 11) is 0. The minimum Gasteiger partial charge on any atom is -0.378 e. The summed E-state index contributed by atoms with van der Waals surface area (Å²) in [6.45, 7) is 2.96. The quantitative estimate of drug-likeness (QED) is 0.847. The van der Waals surface area contributed by atoms with Crippen molar-refractivity contribution >= 4 is 44.8 Å². The molecule has 1 fully saturated rings. The average Bonchev–Trinajstić information content (AvgIpc) is 2.56. The van der Waals surface area contributed by atoms with Gasteiger partial charge in [0, 0.05) is 28.1 Å². The van der Waals surface area contributed by atoms with Crippen molar-refractivity contribution in [1.82, 2.24) is 0 Å². The van der Waals surface area contributed by atoms with Crippen LogP contribution in [-0.2, 0) is 4.74 Å². The smallest absolute Gasteiger partial charge is 0.255 e. The number of carbonyl (C=O) groups is 1. The van der Waals surface area contributed by atoms with E-state index in [1.165, 1.54) is 0 Å². The molecule has 0 aromatic heterocycles. The third kappa shape index (κ3) is 4.05. The molecule has 2 aromatic carbocycles. The number of amides is 1. The minimum atomic E-state index is -0.158. The molecule has 0 unspecified atom stereocenters. The number of morpholine rings is 1. The van der Waals surface area contributed by atoms with Crippen molar-refractivity contribution < 1.29 is 9.53 Å². The summed E-state index contributed by atoms with van der Waals surface area (Å²) in [6, 6.07) is 12.8. The fraction of sp³-hybridized carbons (Fsp3) is 0.235. The number of hydrogen-bond donors (Lipinski definition) is 1. The first-order valence-electron chi connectivity index (χ1n) is 7.32. The molecule has 1 aliphatic heterocycles. The van der Waals surface area contributed by atoms with E-state index in [4.69, 9.17) is 16.3 Å². The Balaban J connectivity index is 1.84. The van der Waals surface area contributed by atoms with E-state index in [1.807, 2.05) is 24.3 Å². The van der Waals surface area contributed by atoms with Crippen molar-refractivity contribution in [1.29, 1.82) is 0 Å². The Bertz CT molecular complexity index is 700. The molecule has 6 heteroatoms. The maximum absolute atomic E-state index is 12.5. The first kappa shape index (κ1) is 16.3. The average molecular weight is 396 g/mol. The molecule has 120 valence electrons. The second kappa shape index (κ2) is 7.34. The highest BCUT2D eigenvalue weighted by Gasteiger charge is 2.17. The first-order chi connectivity index (χ1) is 11.1. The Morgan fingerprint density at radius 1 is 1.13 bits per heavy atom. The molecule has 0 spiro atoms. The summed E-state index contributed by atoms with van der Waals surface area (Å²) in [4.78, 5) is 14.7. The SMILES string of the molecule is O=C(Nc1cc(Cl)ccc1N1CCOCC1)c1ccc(Br)cc1. The Hall–Kier alpha value is -1.56. The molecule has 0 atom stereocenters. The molecule has 1 heterocycles. The predicted octanol–water partition coefficient (Wildman–Crippen LogP) is 4.19. The van der Waals surface area contributed by atoms with Crippen LogP contribution in [0.2, 0.25) is 5.02 Å². The molecule has 3 rings (SSSR count). The van der Waals surface area contributed by atoms with Crippen LogP contribution in [0.3, 0.4) is 0 Å². The highest BCUT2D eigenvalue weighted by molar-refractivity contribution is 9.10. The van der Waals surface area contributed by atoms with Gasteiger partial charge in [0.15, 0.2) is 0 Å². The van der Waals surface area contributed by atoms with E-state index in [2.05, 4.69) is 26.1 Å². The van der Waals surface area contributed by atoms with Crippen molar-refractivity contribution in [3.05, 3.63) is 57.5 Å². The van der Waals surface area contributed by atoms with Crippen LogP contribution in [0.1, 0.15) is 10.4 Å². The predicted molar refractivity (Wildman–Crippen MR) is 96.6 cm³/mol. The van der Waals surface area contributed by atoms with Gasteiger partial charge >= 0.3 is 0 Å². The van der Waals surface area contributed by atoms with Crippen LogP contribution >= 0.6 is 27.5 Å². The molecule has 0 saturated carbocycles. The number of ether oxygens (including phenoxy) is 1. The Morgan fingerprint density at radius 3 is 2.52 bits per heavy atom. The van der Waals surface area contributed by atoms with E-state index in [-0.39, 0.29) is 5.91 Å². The second-order valence-electron chi connectivity index (χ2n) is 5.22. The van der Waals surface area contributed by atoms with Gasteiger partial charge in [0.05, 0.1) is 24.6 Å². The molecule has 2 aromatic rings. The van der Waals surface area contributed by atoms with Crippen molar-refractivity contribution in [3.63, 3.8) is 0 Å². The van der Waals surface area contributed by atoms with Gasteiger partial charge in [0.25, 0.3) is 5.91 Å². The molecule has 0 bridgehead atoms. The van der Waals surface area contributed by atoms with Gasteiger partial charge < -0.3 is 15.0 Å². The number of hydrogen-bond acceptors (Lipinski definition) is 3. The van der Waals surface area contributed by atoms with E-state index < -0.39 is 0 Å². The molecule has 0 aliphatic carbocycles. The van der Waals surface area contributed by atoms with E-state index in [0.29, 0.717) is 29.5 Å². The third-order valence-corrected chi connectivity index (χ3v) is 4.43. The Morgan fingerprint density at radius 2 is 1.83 bits per heavy atom. The van der Waals surface area contributed by atoms with Crippen LogP contribution in [0.15, 0.2) is 46.9 Å². The third-order valence-electron chi connectivity index (χ3n) is 3.66. The van der Waals surface area contributed by atoms with Crippen molar-refractivity contribution in [2.75, 3.05) is 36.5 Å².